The quantitative estimate of drug-likeness (QED) is 0.203. The van der Waals surface area contributed by atoms with Gasteiger partial charge in [-0.1, -0.05) is 12.2 Å². The molecule has 10 nitrogen and oxygen atoms in total. The Hall–Kier alpha value is -2.46. The van der Waals surface area contributed by atoms with Crippen molar-refractivity contribution in [2.45, 2.75) is 52.6 Å². The Kier molecular flexibility index (Phi) is 11.5. The number of ether oxygens (including phenoxy) is 4. The Bertz CT molecular complexity index is 640. The molecule has 0 radical (unpaired) electrons. The van der Waals surface area contributed by atoms with E-state index in [1.165, 1.54) is 0 Å². The second-order valence-electron chi connectivity index (χ2n) is 8.30. The predicted octanol–water partition coefficient (Wildman–Crippen LogP) is 1.18. The van der Waals surface area contributed by atoms with Crippen molar-refractivity contribution >= 4 is 23.9 Å². The van der Waals surface area contributed by atoms with Crippen LogP contribution in [0.3, 0.4) is 0 Å². The van der Waals surface area contributed by atoms with Crippen molar-refractivity contribution in [2.75, 3.05) is 52.6 Å². The largest absolute Gasteiger partial charge is 0.465 e. The molecule has 1 saturated carbocycles. The topological polar surface area (TPSA) is 112 Å². The van der Waals surface area contributed by atoms with Crippen LogP contribution in [0.1, 0.15) is 40.5 Å². The number of rotatable bonds is 14. The molecule has 3 aliphatic carbocycles. The van der Waals surface area contributed by atoms with E-state index in [4.69, 9.17) is 18.9 Å². The van der Waals surface area contributed by atoms with Crippen LogP contribution in [-0.2, 0) is 38.1 Å². The maximum absolute atomic E-state index is 12.4. The van der Waals surface area contributed by atoms with Crippen LogP contribution >= 0.6 is 0 Å². The van der Waals surface area contributed by atoms with Crippen LogP contribution in [-0.4, -0.2) is 98.4 Å². The van der Waals surface area contributed by atoms with E-state index in [1.54, 1.807) is 37.5 Å². The molecule has 0 amide bonds. The molecule has 10 heteroatoms. The van der Waals surface area contributed by atoms with E-state index in [2.05, 4.69) is 12.2 Å². The van der Waals surface area contributed by atoms with Gasteiger partial charge < -0.3 is 18.9 Å². The fourth-order valence-electron chi connectivity index (χ4n) is 4.94. The Labute approximate surface area is 201 Å². The van der Waals surface area contributed by atoms with E-state index in [0.717, 1.165) is 12.8 Å². The monoisotopic (exact) mass is 482 g/mol. The average molecular weight is 483 g/mol. The number of carbonyl (C=O) groups is 4. The summed E-state index contributed by atoms with van der Waals surface area (Å²) in [5, 5.41) is 0. The molecule has 0 aromatic carbocycles. The van der Waals surface area contributed by atoms with Crippen LogP contribution in [0.2, 0.25) is 0 Å². The van der Waals surface area contributed by atoms with Crippen molar-refractivity contribution in [1.82, 2.24) is 9.80 Å². The molecule has 0 spiro atoms. The van der Waals surface area contributed by atoms with Gasteiger partial charge in [-0.3, -0.25) is 29.0 Å². The number of esters is 4. The summed E-state index contributed by atoms with van der Waals surface area (Å²) in [4.78, 5) is 53.3. The zero-order valence-electron chi connectivity index (χ0n) is 20.7. The molecule has 0 aliphatic heterocycles. The lowest BCUT2D eigenvalue weighted by atomic mass is 9.68. The number of nitrogens with zero attached hydrogens (tertiary/aromatic N) is 2. The van der Waals surface area contributed by atoms with E-state index in [1.807, 2.05) is 0 Å². The summed E-state index contributed by atoms with van der Waals surface area (Å²) in [6.45, 7) is 7.40. The minimum Gasteiger partial charge on any atom is -0.465 e. The summed E-state index contributed by atoms with van der Waals surface area (Å²) in [6.07, 6.45) is 5.95. The highest BCUT2D eigenvalue weighted by atomic mass is 16.5. The molecule has 3 rings (SSSR count). The first-order valence-corrected chi connectivity index (χ1v) is 12.1. The molecule has 2 bridgehead atoms. The smallest absolute Gasteiger partial charge is 0.320 e. The second-order valence-corrected chi connectivity index (χ2v) is 8.30. The molecular formula is C24H38N2O8. The van der Waals surface area contributed by atoms with Gasteiger partial charge in [0.2, 0.25) is 0 Å². The fourth-order valence-corrected chi connectivity index (χ4v) is 4.94. The summed E-state index contributed by atoms with van der Waals surface area (Å²) in [5.74, 6) is -1.72. The maximum atomic E-state index is 12.4. The molecule has 1 fully saturated rings. The highest BCUT2D eigenvalue weighted by Gasteiger charge is 2.48. The molecule has 4 atom stereocenters. The Morgan fingerprint density at radius 2 is 0.853 bits per heavy atom. The molecule has 0 heterocycles. The van der Waals surface area contributed by atoms with E-state index in [0.29, 0.717) is 0 Å². The van der Waals surface area contributed by atoms with Gasteiger partial charge in [0, 0.05) is 12.1 Å². The third kappa shape index (κ3) is 7.80. The van der Waals surface area contributed by atoms with Crippen molar-refractivity contribution in [1.29, 1.82) is 0 Å². The Morgan fingerprint density at radius 3 is 1.06 bits per heavy atom. The molecule has 0 N–H and O–H groups in total. The van der Waals surface area contributed by atoms with Gasteiger partial charge in [0.15, 0.2) is 0 Å². The number of hydrogen-bond donors (Lipinski definition) is 0. The van der Waals surface area contributed by atoms with E-state index < -0.39 is 23.9 Å². The highest BCUT2D eigenvalue weighted by Crippen LogP contribution is 2.41. The first-order chi connectivity index (χ1) is 16.3. The van der Waals surface area contributed by atoms with Gasteiger partial charge in [0.1, 0.15) is 0 Å². The van der Waals surface area contributed by atoms with Crippen LogP contribution in [0, 0.1) is 11.8 Å². The van der Waals surface area contributed by atoms with Crippen LogP contribution in [0.15, 0.2) is 12.2 Å². The predicted molar refractivity (Wildman–Crippen MR) is 123 cm³/mol. The van der Waals surface area contributed by atoms with Crippen molar-refractivity contribution < 1.29 is 38.1 Å². The number of carbonyl (C=O) groups excluding carboxylic acids is 4. The molecule has 2 unspecified atom stereocenters. The third-order valence-electron chi connectivity index (χ3n) is 6.06. The summed E-state index contributed by atoms with van der Waals surface area (Å²) in [6, 6.07) is -0.608. The lowest BCUT2D eigenvalue weighted by Crippen LogP contribution is -2.64. The van der Waals surface area contributed by atoms with Gasteiger partial charge in [-0.05, 0) is 52.4 Å². The van der Waals surface area contributed by atoms with Gasteiger partial charge in [0.25, 0.3) is 0 Å². The van der Waals surface area contributed by atoms with Crippen LogP contribution in [0.5, 0.6) is 0 Å². The summed E-state index contributed by atoms with van der Waals surface area (Å²) in [7, 11) is 0. The number of fused-ring (bicyclic) bond motifs is 2. The fraction of sp³-hybridized carbons (Fsp3) is 0.750. The molecule has 0 saturated heterocycles. The summed E-state index contributed by atoms with van der Waals surface area (Å²) < 4.78 is 20.6. The standard InChI is InChI=1S/C24H38N2O8/c1-5-31-19(27)13-25(14-20(28)32-6-2)23-17-9-11-18(12-10-17)24(23)26(15-21(29)33-7-3)16-22(30)34-8-4/h9,11,17-18,23-24H,5-8,10,12-16H2,1-4H3/t17-,18?,23-,24?/m0/s1. The van der Waals surface area contributed by atoms with E-state index in [9.17, 15) is 19.2 Å². The first-order valence-electron chi connectivity index (χ1n) is 12.1. The average Bonchev–Trinajstić information content (AvgIpc) is 2.79. The van der Waals surface area contributed by atoms with E-state index >= 15 is 0 Å². The van der Waals surface area contributed by atoms with Crippen molar-refractivity contribution in [2.24, 2.45) is 11.8 Å². The minimum atomic E-state index is -0.446. The third-order valence-corrected chi connectivity index (χ3v) is 6.06. The molecule has 192 valence electrons. The molecule has 3 aliphatic rings. The van der Waals surface area contributed by atoms with Crippen LogP contribution in [0.25, 0.3) is 0 Å². The molecule has 34 heavy (non-hydrogen) atoms. The zero-order valence-corrected chi connectivity index (χ0v) is 20.7. The first kappa shape index (κ1) is 27.8. The Balaban J connectivity index is 2.40. The second kappa shape index (κ2) is 14.1. The van der Waals surface area contributed by atoms with Crippen molar-refractivity contribution in [3.05, 3.63) is 12.2 Å². The summed E-state index contributed by atoms with van der Waals surface area (Å²) >= 11 is 0. The molecule has 0 aromatic rings. The van der Waals surface area contributed by atoms with Gasteiger partial charge in [-0.2, -0.15) is 0 Å². The minimum absolute atomic E-state index is 0.0331. The van der Waals surface area contributed by atoms with Gasteiger partial charge >= 0.3 is 23.9 Å². The lowest BCUT2D eigenvalue weighted by molar-refractivity contribution is -0.157. The van der Waals surface area contributed by atoms with E-state index in [-0.39, 0.29) is 76.5 Å². The van der Waals surface area contributed by atoms with Gasteiger partial charge in [-0.25, -0.2) is 0 Å². The zero-order chi connectivity index (χ0) is 25.1. The molecular weight excluding hydrogens is 444 g/mol. The van der Waals surface area contributed by atoms with Crippen LogP contribution in [0.4, 0.5) is 0 Å². The lowest BCUT2D eigenvalue weighted by Gasteiger charge is -2.52. The van der Waals surface area contributed by atoms with Crippen LogP contribution < -0.4 is 0 Å². The maximum Gasteiger partial charge on any atom is 0.320 e. The highest BCUT2D eigenvalue weighted by molar-refractivity contribution is 5.76. The Morgan fingerprint density at radius 1 is 0.588 bits per heavy atom. The number of hydrogen-bond acceptors (Lipinski definition) is 10. The normalized spacial score (nSPS) is 23.1. The summed E-state index contributed by atoms with van der Waals surface area (Å²) in [5.41, 5.74) is 0. The molecule has 0 aromatic heterocycles. The van der Waals surface area contributed by atoms with Crippen molar-refractivity contribution in [3.8, 4) is 0 Å². The van der Waals surface area contributed by atoms with Gasteiger partial charge in [0.05, 0.1) is 52.6 Å². The van der Waals surface area contributed by atoms with Gasteiger partial charge in [-0.15, -0.1) is 0 Å². The van der Waals surface area contributed by atoms with Crippen molar-refractivity contribution in [3.63, 3.8) is 0 Å². The SMILES string of the molecule is CCOC(=O)CN(CC(=O)OCC)C1C2C=C[C@@H](CC2)[C@@H]1N(CC(=O)OCC)CC(=O)OCC.